The summed E-state index contributed by atoms with van der Waals surface area (Å²) in [6.07, 6.45) is -1.05. The minimum absolute atomic E-state index is 0.256. The normalized spacial score (nSPS) is 11.2. The van der Waals surface area contributed by atoms with E-state index < -0.39 is 30.4 Å². The van der Waals surface area contributed by atoms with Crippen LogP contribution in [-0.4, -0.2) is 44.7 Å². The van der Waals surface area contributed by atoms with E-state index in [-0.39, 0.29) is 5.56 Å². The Morgan fingerprint density at radius 1 is 1.14 bits per heavy atom. The largest absolute Gasteiger partial charge is 0.497 e. The van der Waals surface area contributed by atoms with Crippen molar-refractivity contribution >= 4 is 17.8 Å². The summed E-state index contributed by atoms with van der Waals surface area (Å²) in [5.41, 5.74) is 5.22. The third kappa shape index (κ3) is 4.97. The van der Waals surface area contributed by atoms with E-state index in [1.165, 1.54) is 33.3 Å². The molecular weight excluding hydrogens is 292 g/mol. The molecule has 0 unspecified atom stereocenters. The fourth-order valence-electron chi connectivity index (χ4n) is 1.49. The van der Waals surface area contributed by atoms with E-state index in [1.807, 2.05) is 0 Å². The molecule has 1 atom stereocenters. The van der Waals surface area contributed by atoms with Crippen LogP contribution >= 0.6 is 0 Å². The van der Waals surface area contributed by atoms with Gasteiger partial charge in [-0.2, -0.15) is 0 Å². The summed E-state index contributed by atoms with van der Waals surface area (Å²) >= 11 is 0. The van der Waals surface area contributed by atoms with Gasteiger partial charge < -0.3 is 25.3 Å². The van der Waals surface area contributed by atoms with Crippen LogP contribution < -0.4 is 20.5 Å². The van der Waals surface area contributed by atoms with Gasteiger partial charge in [0.25, 0.3) is 11.8 Å². The summed E-state index contributed by atoms with van der Waals surface area (Å²) in [4.78, 5) is 34.2. The summed E-state index contributed by atoms with van der Waals surface area (Å²) in [5.74, 6) is -1.17. The first kappa shape index (κ1) is 17.3. The number of hydrogen-bond donors (Lipinski definition) is 2. The molecule has 3 N–H and O–H groups in total. The van der Waals surface area contributed by atoms with Crippen molar-refractivity contribution in [2.75, 3.05) is 20.8 Å². The number of nitrogens with one attached hydrogen (secondary N) is 1. The lowest BCUT2D eigenvalue weighted by atomic mass is 10.2. The van der Waals surface area contributed by atoms with E-state index in [2.05, 4.69) is 5.32 Å². The van der Waals surface area contributed by atoms with Crippen LogP contribution in [0.5, 0.6) is 11.5 Å². The van der Waals surface area contributed by atoms with Crippen molar-refractivity contribution < 1.29 is 28.6 Å². The molecule has 0 fully saturated rings. The van der Waals surface area contributed by atoms with E-state index in [0.29, 0.717) is 11.5 Å². The molecule has 8 nitrogen and oxygen atoms in total. The van der Waals surface area contributed by atoms with Crippen LogP contribution in [0.2, 0.25) is 0 Å². The molecule has 1 rings (SSSR count). The van der Waals surface area contributed by atoms with Crippen molar-refractivity contribution in [3.05, 3.63) is 23.8 Å². The van der Waals surface area contributed by atoms with Gasteiger partial charge in [0.1, 0.15) is 18.0 Å². The van der Waals surface area contributed by atoms with Gasteiger partial charge in [-0.05, 0) is 19.1 Å². The van der Waals surface area contributed by atoms with Crippen molar-refractivity contribution in [1.82, 2.24) is 5.32 Å². The highest BCUT2D eigenvalue weighted by molar-refractivity contribution is 5.96. The van der Waals surface area contributed by atoms with Crippen LogP contribution in [0.3, 0.4) is 0 Å². The van der Waals surface area contributed by atoms with Crippen LogP contribution in [0.4, 0.5) is 0 Å². The number of amides is 2. The number of nitrogens with two attached hydrogens (primary N) is 1. The molecule has 120 valence electrons. The Balaban J connectivity index is 2.65. The SMILES string of the molecule is COc1cc(OC)cc(C(=O)NCC(=O)O[C@@H](C)C(N)=O)c1. The first-order valence-corrected chi connectivity index (χ1v) is 6.37. The third-order valence-electron chi connectivity index (χ3n) is 2.72. The highest BCUT2D eigenvalue weighted by Crippen LogP contribution is 2.22. The molecule has 0 bridgehead atoms. The number of methoxy groups -OCH3 is 2. The number of carbonyl (C=O) groups is 3. The highest BCUT2D eigenvalue weighted by atomic mass is 16.5. The molecule has 0 saturated heterocycles. The number of carbonyl (C=O) groups excluding carboxylic acids is 3. The van der Waals surface area contributed by atoms with E-state index in [1.54, 1.807) is 6.07 Å². The summed E-state index contributed by atoms with van der Waals surface area (Å²) in [5, 5.41) is 2.37. The second-order valence-corrected chi connectivity index (χ2v) is 4.32. The molecule has 1 aromatic carbocycles. The Hall–Kier alpha value is -2.77. The number of rotatable bonds is 7. The van der Waals surface area contributed by atoms with Gasteiger partial charge in [-0.25, -0.2) is 0 Å². The number of esters is 1. The maximum atomic E-state index is 12.0. The minimum Gasteiger partial charge on any atom is -0.497 e. The molecule has 0 saturated carbocycles. The van der Waals surface area contributed by atoms with E-state index in [9.17, 15) is 14.4 Å². The molecule has 0 spiro atoms. The molecule has 22 heavy (non-hydrogen) atoms. The van der Waals surface area contributed by atoms with Gasteiger partial charge >= 0.3 is 5.97 Å². The monoisotopic (exact) mass is 310 g/mol. The zero-order chi connectivity index (χ0) is 16.7. The fraction of sp³-hybridized carbons (Fsp3) is 0.357. The minimum atomic E-state index is -1.05. The maximum absolute atomic E-state index is 12.0. The van der Waals surface area contributed by atoms with E-state index in [4.69, 9.17) is 19.9 Å². The molecule has 1 aromatic rings. The average Bonchev–Trinajstić information content (AvgIpc) is 2.51. The number of ether oxygens (including phenoxy) is 3. The van der Waals surface area contributed by atoms with Gasteiger partial charge in [-0.3, -0.25) is 14.4 Å². The second-order valence-electron chi connectivity index (χ2n) is 4.32. The van der Waals surface area contributed by atoms with Crippen LogP contribution in [0, 0.1) is 0 Å². The molecular formula is C14H18N2O6. The molecule has 0 heterocycles. The predicted molar refractivity (Wildman–Crippen MR) is 76.6 cm³/mol. The molecule has 0 aliphatic heterocycles. The quantitative estimate of drug-likeness (QED) is 0.676. The van der Waals surface area contributed by atoms with E-state index in [0.717, 1.165) is 0 Å². The van der Waals surface area contributed by atoms with Crippen LogP contribution in [0.1, 0.15) is 17.3 Å². The summed E-state index contributed by atoms with van der Waals surface area (Å²) < 4.78 is 14.8. The Morgan fingerprint density at radius 3 is 2.14 bits per heavy atom. The number of hydrogen-bond acceptors (Lipinski definition) is 6. The standard InChI is InChI=1S/C14H18N2O6/c1-8(13(15)18)22-12(17)7-16-14(19)9-4-10(20-2)6-11(5-9)21-3/h4-6,8H,7H2,1-3H3,(H2,15,18)(H,16,19)/t8-/m0/s1. The maximum Gasteiger partial charge on any atom is 0.326 e. The Bertz CT molecular complexity index is 550. The number of benzene rings is 1. The molecule has 0 radical (unpaired) electrons. The first-order valence-electron chi connectivity index (χ1n) is 6.37. The van der Waals surface area contributed by atoms with Crippen LogP contribution in [0.15, 0.2) is 18.2 Å². The molecule has 0 aliphatic carbocycles. The van der Waals surface area contributed by atoms with Gasteiger partial charge in [0.05, 0.1) is 14.2 Å². The van der Waals surface area contributed by atoms with Crippen LogP contribution in [0.25, 0.3) is 0 Å². The summed E-state index contributed by atoms with van der Waals surface area (Å²) in [6, 6.07) is 4.60. The Labute approximate surface area is 127 Å². The lowest BCUT2D eigenvalue weighted by Crippen LogP contribution is -2.36. The number of primary amides is 1. The van der Waals surface area contributed by atoms with Crippen LogP contribution in [-0.2, 0) is 14.3 Å². The van der Waals surface area contributed by atoms with Gasteiger partial charge in [0.15, 0.2) is 6.10 Å². The molecule has 2 amide bonds. The Kier molecular flexibility index (Phi) is 6.18. The van der Waals surface area contributed by atoms with Crippen molar-refractivity contribution in [3.8, 4) is 11.5 Å². The lowest BCUT2D eigenvalue weighted by Gasteiger charge is -2.11. The van der Waals surface area contributed by atoms with Gasteiger partial charge in [-0.1, -0.05) is 0 Å². The fourth-order valence-corrected chi connectivity index (χ4v) is 1.49. The average molecular weight is 310 g/mol. The van der Waals surface area contributed by atoms with Gasteiger partial charge in [-0.15, -0.1) is 0 Å². The predicted octanol–water partition coefficient (Wildman–Crippen LogP) is -0.149. The molecule has 0 aromatic heterocycles. The van der Waals surface area contributed by atoms with Crippen molar-refractivity contribution in [1.29, 1.82) is 0 Å². The smallest absolute Gasteiger partial charge is 0.326 e. The van der Waals surface area contributed by atoms with Gasteiger partial charge in [0, 0.05) is 11.6 Å². The van der Waals surface area contributed by atoms with Crippen molar-refractivity contribution in [2.45, 2.75) is 13.0 Å². The summed E-state index contributed by atoms with van der Waals surface area (Å²) in [6.45, 7) is 0.949. The second kappa shape index (κ2) is 7.87. The van der Waals surface area contributed by atoms with Crippen molar-refractivity contribution in [2.24, 2.45) is 5.73 Å². The highest BCUT2D eigenvalue weighted by Gasteiger charge is 2.16. The zero-order valence-corrected chi connectivity index (χ0v) is 12.5. The first-order chi connectivity index (χ1) is 10.4. The zero-order valence-electron chi connectivity index (χ0n) is 12.5. The lowest BCUT2D eigenvalue weighted by molar-refractivity contribution is -0.152. The van der Waals surface area contributed by atoms with Crippen molar-refractivity contribution in [3.63, 3.8) is 0 Å². The molecule has 0 aliphatic rings. The summed E-state index contributed by atoms with van der Waals surface area (Å²) in [7, 11) is 2.91. The Morgan fingerprint density at radius 2 is 1.68 bits per heavy atom. The van der Waals surface area contributed by atoms with Gasteiger partial charge in [0.2, 0.25) is 0 Å². The topological polar surface area (TPSA) is 117 Å². The third-order valence-corrected chi connectivity index (χ3v) is 2.72. The van der Waals surface area contributed by atoms with E-state index >= 15 is 0 Å². The molecule has 8 heteroatoms.